The van der Waals surface area contributed by atoms with Gasteiger partial charge in [-0.2, -0.15) is 0 Å². The minimum Gasteiger partial charge on any atom is -0.352 e. The van der Waals surface area contributed by atoms with Gasteiger partial charge in [-0.3, -0.25) is 9.59 Å². The van der Waals surface area contributed by atoms with Crippen molar-refractivity contribution in [3.63, 3.8) is 0 Å². The van der Waals surface area contributed by atoms with E-state index in [0.29, 0.717) is 6.04 Å². The third kappa shape index (κ3) is 3.60. The molecule has 2 amide bonds. The second kappa shape index (κ2) is 3.37. The van der Waals surface area contributed by atoms with Crippen molar-refractivity contribution in [2.45, 2.75) is 25.8 Å². The van der Waals surface area contributed by atoms with Crippen LogP contribution in [-0.4, -0.2) is 24.4 Å². The Labute approximate surface area is 65.3 Å². The maximum absolute atomic E-state index is 10.9. The van der Waals surface area contributed by atoms with Crippen LogP contribution in [0.3, 0.4) is 0 Å². The van der Waals surface area contributed by atoms with E-state index in [1.807, 2.05) is 0 Å². The van der Waals surface area contributed by atoms with E-state index < -0.39 is 0 Å². The monoisotopic (exact) mass is 156 g/mol. The lowest BCUT2D eigenvalue weighted by atomic mass is 10.5. The predicted molar refractivity (Wildman–Crippen MR) is 39.8 cm³/mol. The van der Waals surface area contributed by atoms with Gasteiger partial charge < -0.3 is 10.6 Å². The van der Waals surface area contributed by atoms with Crippen molar-refractivity contribution >= 4 is 11.8 Å². The first-order valence-electron chi connectivity index (χ1n) is 3.72. The molecule has 0 spiro atoms. The van der Waals surface area contributed by atoms with E-state index >= 15 is 0 Å². The number of nitrogens with one attached hydrogen (secondary N) is 2. The summed E-state index contributed by atoms with van der Waals surface area (Å²) >= 11 is 0. The third-order valence-corrected chi connectivity index (χ3v) is 1.44. The summed E-state index contributed by atoms with van der Waals surface area (Å²) in [6.45, 7) is 1.50. The first-order chi connectivity index (χ1) is 5.18. The minimum atomic E-state index is -0.170. The highest BCUT2D eigenvalue weighted by atomic mass is 16.2. The van der Waals surface area contributed by atoms with E-state index in [9.17, 15) is 9.59 Å². The Bertz CT molecular complexity index is 175. The molecule has 4 nitrogen and oxygen atoms in total. The molecule has 0 aromatic carbocycles. The molecule has 0 aromatic rings. The summed E-state index contributed by atoms with van der Waals surface area (Å²) in [6, 6.07) is 0.372. The number of hydrogen-bond donors (Lipinski definition) is 2. The average molecular weight is 156 g/mol. The van der Waals surface area contributed by atoms with E-state index in [0.717, 1.165) is 12.8 Å². The van der Waals surface area contributed by atoms with E-state index in [4.69, 9.17) is 0 Å². The van der Waals surface area contributed by atoms with Crippen LogP contribution >= 0.6 is 0 Å². The third-order valence-electron chi connectivity index (χ3n) is 1.44. The second-order valence-corrected chi connectivity index (χ2v) is 2.75. The Balaban J connectivity index is 2.04. The Kier molecular flexibility index (Phi) is 2.46. The van der Waals surface area contributed by atoms with Gasteiger partial charge in [0.15, 0.2) is 0 Å². The van der Waals surface area contributed by atoms with Crippen LogP contribution in [0, 0.1) is 0 Å². The van der Waals surface area contributed by atoms with Crippen molar-refractivity contribution in [3.8, 4) is 0 Å². The molecule has 11 heavy (non-hydrogen) atoms. The molecule has 62 valence electrons. The van der Waals surface area contributed by atoms with E-state index in [-0.39, 0.29) is 18.4 Å². The predicted octanol–water partition coefficient (Wildman–Crippen LogP) is -0.599. The van der Waals surface area contributed by atoms with Gasteiger partial charge in [-0.25, -0.2) is 0 Å². The highest BCUT2D eigenvalue weighted by Gasteiger charge is 2.22. The highest BCUT2D eigenvalue weighted by molar-refractivity contribution is 5.83. The molecule has 0 aliphatic heterocycles. The summed E-state index contributed by atoms with van der Waals surface area (Å²) in [5.41, 5.74) is 0. The highest BCUT2D eigenvalue weighted by Crippen LogP contribution is 2.17. The lowest BCUT2D eigenvalue weighted by molar-refractivity contribution is -0.125. The normalized spacial score (nSPS) is 15.7. The molecule has 1 aliphatic rings. The van der Waals surface area contributed by atoms with Gasteiger partial charge in [0, 0.05) is 13.0 Å². The molecule has 0 atom stereocenters. The van der Waals surface area contributed by atoms with Crippen molar-refractivity contribution in [2.24, 2.45) is 0 Å². The van der Waals surface area contributed by atoms with E-state index in [1.54, 1.807) is 0 Å². The van der Waals surface area contributed by atoms with Crippen LogP contribution < -0.4 is 10.6 Å². The van der Waals surface area contributed by atoms with Crippen LogP contribution in [0.4, 0.5) is 0 Å². The molecule has 4 heteroatoms. The molecule has 0 heterocycles. The summed E-state index contributed by atoms with van der Waals surface area (Å²) in [5.74, 6) is -0.265. The standard InChI is InChI=1S/C7H12N2O2/c1-5(10)8-4-7(11)9-6-2-3-6/h6H,2-4H2,1H3,(H,8,10)(H,9,11). The van der Waals surface area contributed by atoms with Crippen molar-refractivity contribution in [2.75, 3.05) is 6.54 Å². The molecule has 1 aliphatic carbocycles. The van der Waals surface area contributed by atoms with Crippen LogP contribution in [-0.2, 0) is 9.59 Å². The van der Waals surface area contributed by atoms with Gasteiger partial charge in [0.2, 0.25) is 11.8 Å². The van der Waals surface area contributed by atoms with Crippen molar-refractivity contribution in [3.05, 3.63) is 0 Å². The number of carbonyl (C=O) groups is 2. The topological polar surface area (TPSA) is 58.2 Å². The molecule has 2 N–H and O–H groups in total. The number of carbonyl (C=O) groups excluding carboxylic acids is 2. The van der Waals surface area contributed by atoms with Gasteiger partial charge in [0.25, 0.3) is 0 Å². The smallest absolute Gasteiger partial charge is 0.239 e. The molecular weight excluding hydrogens is 144 g/mol. The fourth-order valence-corrected chi connectivity index (χ4v) is 0.711. The fourth-order valence-electron chi connectivity index (χ4n) is 0.711. The van der Waals surface area contributed by atoms with Crippen molar-refractivity contribution < 1.29 is 9.59 Å². The molecule has 1 fully saturated rings. The zero-order valence-electron chi connectivity index (χ0n) is 6.52. The van der Waals surface area contributed by atoms with Gasteiger partial charge >= 0.3 is 0 Å². The Morgan fingerprint density at radius 3 is 2.55 bits per heavy atom. The Hall–Kier alpha value is -1.06. The first kappa shape index (κ1) is 8.04. The molecular formula is C7H12N2O2. The lowest BCUT2D eigenvalue weighted by Gasteiger charge is -2.02. The lowest BCUT2D eigenvalue weighted by Crippen LogP contribution is -2.36. The van der Waals surface area contributed by atoms with Crippen molar-refractivity contribution in [1.82, 2.24) is 10.6 Å². The van der Waals surface area contributed by atoms with Crippen LogP contribution in [0.5, 0.6) is 0 Å². The summed E-state index contributed by atoms with van der Waals surface area (Å²) < 4.78 is 0. The minimum absolute atomic E-state index is 0.0947. The van der Waals surface area contributed by atoms with Crippen LogP contribution in [0.15, 0.2) is 0 Å². The Morgan fingerprint density at radius 1 is 1.45 bits per heavy atom. The largest absolute Gasteiger partial charge is 0.352 e. The van der Waals surface area contributed by atoms with E-state index in [1.165, 1.54) is 6.92 Å². The second-order valence-electron chi connectivity index (χ2n) is 2.75. The first-order valence-corrected chi connectivity index (χ1v) is 3.72. The average Bonchev–Trinajstić information content (AvgIpc) is 2.67. The van der Waals surface area contributed by atoms with Crippen LogP contribution in [0.2, 0.25) is 0 Å². The summed E-state index contributed by atoms with van der Waals surface area (Å²) in [4.78, 5) is 21.2. The molecule has 0 bridgehead atoms. The van der Waals surface area contributed by atoms with Gasteiger partial charge in [-0.05, 0) is 12.8 Å². The maximum Gasteiger partial charge on any atom is 0.239 e. The summed E-state index contributed by atoms with van der Waals surface area (Å²) in [6.07, 6.45) is 2.15. The maximum atomic E-state index is 10.9. The number of hydrogen-bond acceptors (Lipinski definition) is 2. The zero-order chi connectivity index (χ0) is 8.27. The Morgan fingerprint density at radius 2 is 2.09 bits per heavy atom. The molecule has 0 unspecified atom stereocenters. The van der Waals surface area contributed by atoms with Crippen LogP contribution in [0.25, 0.3) is 0 Å². The van der Waals surface area contributed by atoms with E-state index in [2.05, 4.69) is 10.6 Å². The summed E-state index contributed by atoms with van der Waals surface area (Å²) in [7, 11) is 0. The number of amides is 2. The van der Waals surface area contributed by atoms with Gasteiger partial charge in [-0.1, -0.05) is 0 Å². The molecule has 0 radical (unpaired) electrons. The van der Waals surface area contributed by atoms with Gasteiger partial charge in [0.1, 0.15) is 0 Å². The molecule has 0 saturated heterocycles. The van der Waals surface area contributed by atoms with Gasteiger partial charge in [-0.15, -0.1) is 0 Å². The van der Waals surface area contributed by atoms with Crippen LogP contribution in [0.1, 0.15) is 19.8 Å². The van der Waals surface area contributed by atoms with Gasteiger partial charge in [0.05, 0.1) is 6.54 Å². The SMILES string of the molecule is CC(=O)NCC(=O)NC1CC1. The van der Waals surface area contributed by atoms with Crippen molar-refractivity contribution in [1.29, 1.82) is 0 Å². The number of rotatable bonds is 3. The quantitative estimate of drug-likeness (QED) is 0.573. The molecule has 1 saturated carbocycles. The zero-order valence-corrected chi connectivity index (χ0v) is 6.52. The molecule has 1 rings (SSSR count). The summed E-state index contributed by atoms with van der Waals surface area (Å²) in [5, 5.41) is 5.18. The molecule has 0 aromatic heterocycles. The fraction of sp³-hybridized carbons (Fsp3) is 0.714.